The van der Waals surface area contributed by atoms with Crippen molar-refractivity contribution in [1.82, 2.24) is 5.32 Å². The molecule has 0 atom stereocenters. The van der Waals surface area contributed by atoms with E-state index in [-0.39, 0.29) is 11.2 Å². The Balaban J connectivity index is 2.64. The van der Waals surface area contributed by atoms with Gasteiger partial charge < -0.3 is 10.1 Å². The van der Waals surface area contributed by atoms with Crippen LogP contribution in [0.15, 0.2) is 0 Å². The largest absolute Gasteiger partial charge is 0.368 e. The predicted octanol–water partition coefficient (Wildman–Crippen LogP) is 3.75. The molecule has 0 aromatic carbocycles. The maximum Gasteiger partial charge on any atom is 0.0813 e. The zero-order valence-corrected chi connectivity index (χ0v) is 12.6. The van der Waals surface area contributed by atoms with Crippen LogP contribution in [-0.2, 0) is 4.74 Å². The van der Waals surface area contributed by atoms with Gasteiger partial charge >= 0.3 is 0 Å². The van der Waals surface area contributed by atoms with Crippen molar-refractivity contribution in [3.63, 3.8) is 0 Å². The SMILES string of the molecule is CC1CCC(CNC(C)C)(OC(C)(C)C)CC1. The lowest BCUT2D eigenvalue weighted by Gasteiger charge is -2.44. The molecule has 102 valence electrons. The van der Waals surface area contributed by atoms with E-state index in [4.69, 9.17) is 4.74 Å². The van der Waals surface area contributed by atoms with Crippen molar-refractivity contribution in [3.8, 4) is 0 Å². The van der Waals surface area contributed by atoms with Gasteiger partial charge in [0.05, 0.1) is 11.2 Å². The molecule has 1 aliphatic rings. The van der Waals surface area contributed by atoms with Crippen LogP contribution in [0.25, 0.3) is 0 Å². The van der Waals surface area contributed by atoms with E-state index in [1.165, 1.54) is 25.7 Å². The third-order valence-electron chi connectivity index (χ3n) is 3.54. The predicted molar refractivity (Wildman–Crippen MR) is 74.3 cm³/mol. The van der Waals surface area contributed by atoms with Gasteiger partial charge in [-0.2, -0.15) is 0 Å². The molecule has 0 bridgehead atoms. The summed E-state index contributed by atoms with van der Waals surface area (Å²) in [5, 5.41) is 3.57. The van der Waals surface area contributed by atoms with E-state index in [9.17, 15) is 0 Å². The first kappa shape index (κ1) is 15.0. The molecule has 1 aliphatic carbocycles. The van der Waals surface area contributed by atoms with E-state index in [2.05, 4.69) is 46.9 Å². The molecular weight excluding hydrogens is 210 g/mol. The van der Waals surface area contributed by atoms with Gasteiger partial charge in [0.1, 0.15) is 0 Å². The molecule has 1 saturated carbocycles. The zero-order chi connectivity index (χ0) is 13.1. The fourth-order valence-electron chi connectivity index (χ4n) is 2.64. The van der Waals surface area contributed by atoms with Gasteiger partial charge in [0.15, 0.2) is 0 Å². The van der Waals surface area contributed by atoms with E-state index < -0.39 is 0 Å². The lowest BCUT2D eigenvalue weighted by Crippen LogP contribution is -2.50. The lowest BCUT2D eigenvalue weighted by atomic mass is 9.78. The van der Waals surface area contributed by atoms with Crippen LogP contribution in [0.3, 0.4) is 0 Å². The summed E-state index contributed by atoms with van der Waals surface area (Å²) in [7, 11) is 0. The average Bonchev–Trinajstić information content (AvgIpc) is 2.17. The molecule has 1 rings (SSSR count). The second kappa shape index (κ2) is 5.71. The van der Waals surface area contributed by atoms with Gasteiger partial charge in [0, 0.05) is 12.6 Å². The van der Waals surface area contributed by atoms with Crippen molar-refractivity contribution in [2.45, 2.75) is 84.5 Å². The number of hydrogen-bond donors (Lipinski definition) is 1. The highest BCUT2D eigenvalue weighted by atomic mass is 16.5. The number of hydrogen-bond acceptors (Lipinski definition) is 2. The van der Waals surface area contributed by atoms with Gasteiger partial charge in [0.25, 0.3) is 0 Å². The monoisotopic (exact) mass is 241 g/mol. The lowest BCUT2D eigenvalue weighted by molar-refractivity contribution is -0.150. The van der Waals surface area contributed by atoms with Crippen molar-refractivity contribution in [3.05, 3.63) is 0 Å². The fourth-order valence-corrected chi connectivity index (χ4v) is 2.64. The minimum atomic E-state index is -0.0424. The second-order valence-electron chi connectivity index (χ2n) is 7.12. The highest BCUT2D eigenvalue weighted by Crippen LogP contribution is 2.37. The number of rotatable bonds is 4. The Hall–Kier alpha value is -0.0800. The van der Waals surface area contributed by atoms with Gasteiger partial charge in [-0.25, -0.2) is 0 Å². The van der Waals surface area contributed by atoms with Gasteiger partial charge in [-0.1, -0.05) is 20.8 Å². The quantitative estimate of drug-likeness (QED) is 0.809. The summed E-state index contributed by atoms with van der Waals surface area (Å²) in [6.07, 6.45) is 5.00. The standard InChI is InChI=1S/C15H31NO/c1-12(2)16-11-15(17-14(4,5)6)9-7-13(3)8-10-15/h12-13,16H,7-11H2,1-6H3. The van der Waals surface area contributed by atoms with E-state index in [1.807, 2.05) is 0 Å². The first-order valence-electron chi connectivity index (χ1n) is 7.16. The van der Waals surface area contributed by atoms with Crippen LogP contribution in [0.5, 0.6) is 0 Å². The molecule has 0 unspecified atom stereocenters. The summed E-state index contributed by atoms with van der Waals surface area (Å²) in [6.45, 7) is 14.3. The highest BCUT2D eigenvalue weighted by molar-refractivity contribution is 4.91. The Morgan fingerprint density at radius 2 is 1.76 bits per heavy atom. The molecule has 2 heteroatoms. The molecule has 0 aromatic rings. The van der Waals surface area contributed by atoms with Crippen LogP contribution < -0.4 is 5.32 Å². The van der Waals surface area contributed by atoms with Gasteiger partial charge in [-0.3, -0.25) is 0 Å². The van der Waals surface area contributed by atoms with Crippen molar-refractivity contribution < 1.29 is 4.74 Å². The molecule has 0 amide bonds. The smallest absolute Gasteiger partial charge is 0.0813 e. The minimum Gasteiger partial charge on any atom is -0.368 e. The number of nitrogens with one attached hydrogen (secondary N) is 1. The maximum atomic E-state index is 6.40. The summed E-state index contributed by atoms with van der Waals surface area (Å²) in [5.41, 5.74) is 0.0221. The van der Waals surface area contributed by atoms with Gasteiger partial charge in [0.2, 0.25) is 0 Å². The molecule has 0 heterocycles. The molecule has 0 aliphatic heterocycles. The average molecular weight is 241 g/mol. The molecule has 2 nitrogen and oxygen atoms in total. The Bertz CT molecular complexity index is 222. The molecule has 1 N–H and O–H groups in total. The molecule has 0 spiro atoms. The highest BCUT2D eigenvalue weighted by Gasteiger charge is 2.38. The first-order valence-corrected chi connectivity index (χ1v) is 7.16. The van der Waals surface area contributed by atoms with E-state index in [0.29, 0.717) is 6.04 Å². The second-order valence-corrected chi connectivity index (χ2v) is 7.12. The maximum absolute atomic E-state index is 6.40. The van der Waals surface area contributed by atoms with Crippen molar-refractivity contribution in [2.75, 3.05) is 6.54 Å². The van der Waals surface area contributed by atoms with E-state index in [0.717, 1.165) is 12.5 Å². The van der Waals surface area contributed by atoms with Crippen LogP contribution in [0, 0.1) is 5.92 Å². The Labute approximate surface area is 108 Å². The van der Waals surface area contributed by atoms with Crippen molar-refractivity contribution >= 4 is 0 Å². The molecule has 0 aromatic heterocycles. The third-order valence-corrected chi connectivity index (χ3v) is 3.54. The molecule has 17 heavy (non-hydrogen) atoms. The zero-order valence-electron chi connectivity index (χ0n) is 12.6. The van der Waals surface area contributed by atoms with E-state index >= 15 is 0 Å². The summed E-state index contributed by atoms with van der Waals surface area (Å²) >= 11 is 0. The summed E-state index contributed by atoms with van der Waals surface area (Å²) in [5.74, 6) is 0.866. The molecular formula is C15H31NO. The fraction of sp³-hybridized carbons (Fsp3) is 1.00. The van der Waals surface area contributed by atoms with E-state index in [1.54, 1.807) is 0 Å². The molecule has 0 radical (unpaired) electrons. The van der Waals surface area contributed by atoms with Crippen LogP contribution in [0.2, 0.25) is 0 Å². The Morgan fingerprint density at radius 3 is 2.18 bits per heavy atom. The third kappa shape index (κ3) is 5.39. The van der Waals surface area contributed by atoms with Crippen LogP contribution in [0.1, 0.15) is 67.2 Å². The molecule has 1 fully saturated rings. The normalized spacial score (nSPS) is 30.9. The summed E-state index contributed by atoms with van der Waals surface area (Å²) in [4.78, 5) is 0. The van der Waals surface area contributed by atoms with Crippen molar-refractivity contribution in [1.29, 1.82) is 0 Å². The van der Waals surface area contributed by atoms with Crippen LogP contribution >= 0.6 is 0 Å². The van der Waals surface area contributed by atoms with Crippen molar-refractivity contribution in [2.24, 2.45) is 5.92 Å². The molecule has 0 saturated heterocycles. The summed E-state index contributed by atoms with van der Waals surface area (Å²) < 4.78 is 6.40. The van der Waals surface area contributed by atoms with Gasteiger partial charge in [-0.15, -0.1) is 0 Å². The van der Waals surface area contributed by atoms with Crippen LogP contribution in [0.4, 0.5) is 0 Å². The minimum absolute atomic E-state index is 0.0424. The Morgan fingerprint density at radius 1 is 1.24 bits per heavy atom. The topological polar surface area (TPSA) is 21.3 Å². The first-order chi connectivity index (χ1) is 7.72. The van der Waals surface area contributed by atoms with Crippen LogP contribution in [-0.4, -0.2) is 23.8 Å². The summed E-state index contributed by atoms with van der Waals surface area (Å²) in [6, 6.07) is 0.537. The Kier molecular flexibility index (Phi) is 5.03. The number of ether oxygens (including phenoxy) is 1. The van der Waals surface area contributed by atoms with Gasteiger partial charge in [-0.05, 0) is 52.4 Å².